The van der Waals surface area contributed by atoms with Gasteiger partial charge < -0.3 is 19.1 Å². The van der Waals surface area contributed by atoms with Gasteiger partial charge in [0.05, 0.1) is 37.8 Å². The molecule has 0 aromatic heterocycles. The van der Waals surface area contributed by atoms with E-state index in [0.29, 0.717) is 31.3 Å². The van der Waals surface area contributed by atoms with Crippen molar-refractivity contribution < 1.29 is 19.0 Å². The van der Waals surface area contributed by atoms with E-state index in [0.717, 1.165) is 61.8 Å². The van der Waals surface area contributed by atoms with Crippen molar-refractivity contribution in [3.05, 3.63) is 53.1 Å². The first-order chi connectivity index (χ1) is 16.6. The zero-order valence-corrected chi connectivity index (χ0v) is 20.5. The summed E-state index contributed by atoms with van der Waals surface area (Å²) in [6.45, 7) is 12.2. The topological polar surface area (TPSA) is 63.6 Å². The average Bonchev–Trinajstić information content (AvgIpc) is 2.98. The highest BCUT2D eigenvalue weighted by Crippen LogP contribution is 2.38. The van der Waals surface area contributed by atoms with Crippen LogP contribution < -0.4 is 14.4 Å². The lowest BCUT2D eigenvalue weighted by Crippen LogP contribution is -2.35. The molecule has 182 valence electrons. The Morgan fingerprint density at radius 3 is 2.29 bits per heavy atom. The van der Waals surface area contributed by atoms with Crippen molar-refractivity contribution >= 4 is 17.3 Å². The molecule has 2 aromatic carbocycles. The van der Waals surface area contributed by atoms with Gasteiger partial charge >= 0.3 is 0 Å². The first-order valence-corrected chi connectivity index (χ1v) is 12.3. The van der Waals surface area contributed by atoms with E-state index in [1.807, 2.05) is 30.9 Å². The van der Waals surface area contributed by atoms with Gasteiger partial charge in [-0.05, 0) is 31.9 Å². The van der Waals surface area contributed by atoms with Gasteiger partial charge in [0, 0.05) is 43.4 Å². The summed E-state index contributed by atoms with van der Waals surface area (Å²) in [7, 11) is 0. The molecule has 0 aliphatic carbocycles. The maximum Gasteiger partial charge on any atom is 0.248 e. The summed E-state index contributed by atoms with van der Waals surface area (Å²) in [5, 5.41) is 0. The number of amides is 1. The minimum absolute atomic E-state index is 0.00588. The van der Waals surface area contributed by atoms with Gasteiger partial charge in [0.1, 0.15) is 6.54 Å². The highest BCUT2D eigenvalue weighted by Gasteiger charge is 2.27. The first-order valence-electron chi connectivity index (χ1n) is 12.3. The van der Waals surface area contributed by atoms with Crippen LogP contribution in [0.2, 0.25) is 0 Å². The monoisotopic (exact) mass is 465 g/mol. The van der Waals surface area contributed by atoms with Gasteiger partial charge in [0.15, 0.2) is 11.5 Å². The van der Waals surface area contributed by atoms with Crippen LogP contribution in [0.15, 0.2) is 41.4 Å². The first kappa shape index (κ1) is 24.2. The molecule has 0 saturated carbocycles. The third-order valence-electron chi connectivity index (χ3n) is 6.07. The molecule has 2 aromatic rings. The Labute approximate surface area is 202 Å². The number of rotatable bonds is 9. The molecule has 4 rings (SSSR count). The predicted octanol–water partition coefficient (Wildman–Crippen LogP) is 3.91. The summed E-state index contributed by atoms with van der Waals surface area (Å²) in [5.74, 6) is 1.32. The van der Waals surface area contributed by atoms with Crippen LogP contribution in [0.1, 0.15) is 43.9 Å². The number of benzodiazepines with no additional fused rings is 1. The molecule has 7 nitrogen and oxygen atoms in total. The second kappa shape index (κ2) is 11.5. The van der Waals surface area contributed by atoms with E-state index in [9.17, 15) is 4.79 Å². The molecule has 1 fully saturated rings. The van der Waals surface area contributed by atoms with E-state index in [1.54, 1.807) is 0 Å². The van der Waals surface area contributed by atoms with Crippen LogP contribution in [-0.4, -0.2) is 69.1 Å². The lowest BCUT2D eigenvalue weighted by Gasteiger charge is -2.26. The van der Waals surface area contributed by atoms with E-state index in [-0.39, 0.29) is 12.5 Å². The fourth-order valence-corrected chi connectivity index (χ4v) is 4.45. The number of hydrogen-bond donors (Lipinski definition) is 0. The fourth-order valence-electron chi connectivity index (χ4n) is 4.45. The molecule has 34 heavy (non-hydrogen) atoms. The molecule has 2 heterocycles. The smallest absolute Gasteiger partial charge is 0.248 e. The lowest BCUT2D eigenvalue weighted by molar-refractivity contribution is -0.117. The highest BCUT2D eigenvalue weighted by molar-refractivity contribution is 6.20. The van der Waals surface area contributed by atoms with Gasteiger partial charge in [-0.2, -0.15) is 0 Å². The molecule has 0 spiro atoms. The summed E-state index contributed by atoms with van der Waals surface area (Å²) in [6, 6.07) is 12.4. The van der Waals surface area contributed by atoms with Crippen LogP contribution in [0.25, 0.3) is 0 Å². The van der Waals surface area contributed by atoms with Crippen molar-refractivity contribution in [1.29, 1.82) is 0 Å². The number of morpholine rings is 1. The third-order valence-corrected chi connectivity index (χ3v) is 6.07. The molecule has 2 aliphatic rings. The Morgan fingerprint density at radius 1 is 0.971 bits per heavy atom. The number of nitrogens with zero attached hydrogens (tertiary/aromatic N) is 3. The van der Waals surface area contributed by atoms with Gasteiger partial charge in [0.2, 0.25) is 5.91 Å². The third kappa shape index (κ3) is 5.42. The minimum atomic E-state index is -0.00588. The average molecular weight is 466 g/mol. The maximum absolute atomic E-state index is 13.0. The fraction of sp³-hybridized carbons (Fsp3) is 0.481. The molecule has 0 unspecified atom stereocenters. The molecule has 0 N–H and O–H groups in total. The van der Waals surface area contributed by atoms with Crippen molar-refractivity contribution in [2.75, 3.05) is 57.5 Å². The van der Waals surface area contributed by atoms with E-state index in [2.05, 4.69) is 36.1 Å². The van der Waals surface area contributed by atoms with Gasteiger partial charge in [-0.15, -0.1) is 0 Å². The van der Waals surface area contributed by atoms with Crippen molar-refractivity contribution in [2.45, 2.75) is 33.7 Å². The summed E-state index contributed by atoms with van der Waals surface area (Å²) >= 11 is 0. The van der Waals surface area contributed by atoms with Crippen LogP contribution in [0.5, 0.6) is 11.5 Å². The normalized spacial score (nSPS) is 16.6. The quantitative estimate of drug-likeness (QED) is 0.562. The van der Waals surface area contributed by atoms with Crippen molar-refractivity contribution in [3.8, 4) is 11.5 Å². The largest absolute Gasteiger partial charge is 0.490 e. The lowest BCUT2D eigenvalue weighted by atomic mass is 9.98. The Hall–Kier alpha value is -2.90. The number of fused-ring (bicyclic) bond motifs is 1. The minimum Gasteiger partial charge on any atom is -0.490 e. The van der Waals surface area contributed by atoms with Gasteiger partial charge in [0.25, 0.3) is 0 Å². The van der Waals surface area contributed by atoms with Crippen LogP contribution in [0, 0.1) is 0 Å². The second-order valence-electron chi connectivity index (χ2n) is 8.48. The molecule has 0 atom stereocenters. The van der Waals surface area contributed by atoms with E-state index in [4.69, 9.17) is 19.2 Å². The van der Waals surface area contributed by atoms with E-state index in [1.165, 1.54) is 5.56 Å². The second-order valence-corrected chi connectivity index (χ2v) is 8.48. The van der Waals surface area contributed by atoms with Crippen LogP contribution in [-0.2, 0) is 16.1 Å². The van der Waals surface area contributed by atoms with Gasteiger partial charge in [-0.3, -0.25) is 14.7 Å². The summed E-state index contributed by atoms with van der Waals surface area (Å²) < 4.78 is 17.2. The van der Waals surface area contributed by atoms with Crippen molar-refractivity contribution in [1.82, 2.24) is 4.90 Å². The van der Waals surface area contributed by atoms with Crippen molar-refractivity contribution in [2.24, 2.45) is 4.99 Å². The summed E-state index contributed by atoms with van der Waals surface area (Å²) in [5.41, 5.74) is 4.78. The Kier molecular flexibility index (Phi) is 8.19. The number of benzene rings is 2. The van der Waals surface area contributed by atoms with Crippen LogP contribution >= 0.6 is 0 Å². The molecular formula is C27H35N3O4. The van der Waals surface area contributed by atoms with Crippen LogP contribution in [0.3, 0.4) is 0 Å². The summed E-state index contributed by atoms with van der Waals surface area (Å²) in [4.78, 5) is 22.0. The van der Waals surface area contributed by atoms with Crippen LogP contribution in [0.4, 0.5) is 5.69 Å². The summed E-state index contributed by atoms with van der Waals surface area (Å²) in [6.07, 6.45) is 0.855. The zero-order chi connectivity index (χ0) is 23.9. The molecule has 1 amide bonds. The zero-order valence-electron chi connectivity index (χ0n) is 20.5. The highest BCUT2D eigenvalue weighted by atomic mass is 16.5. The maximum atomic E-state index is 13.0. The van der Waals surface area contributed by atoms with E-state index >= 15 is 0 Å². The predicted molar refractivity (Wildman–Crippen MR) is 134 cm³/mol. The number of ether oxygens (including phenoxy) is 3. The van der Waals surface area contributed by atoms with E-state index < -0.39 is 0 Å². The molecule has 1 saturated heterocycles. The Morgan fingerprint density at radius 2 is 1.65 bits per heavy atom. The number of anilines is 1. The molecule has 0 radical (unpaired) electrons. The standard InChI is InChI=1S/C27H35N3O4/c1-4-11-30-23-17-25(34-6-3)24(33-5-2)16-22(23)27(28-18-26(30)31)21-9-7-20(8-10-21)19-29-12-14-32-15-13-29/h7-10,16-17H,4-6,11-15,18-19H2,1-3H3. The van der Waals surface area contributed by atoms with Gasteiger partial charge in [-0.25, -0.2) is 0 Å². The van der Waals surface area contributed by atoms with Gasteiger partial charge in [-0.1, -0.05) is 31.2 Å². The molecule has 7 heteroatoms. The Balaban J connectivity index is 1.71. The number of aliphatic imine (C=N–C) groups is 1. The van der Waals surface area contributed by atoms with Crippen molar-refractivity contribution in [3.63, 3.8) is 0 Å². The number of hydrogen-bond acceptors (Lipinski definition) is 6. The molecular weight excluding hydrogens is 430 g/mol. The number of carbonyl (C=O) groups excluding carboxylic acids is 1. The Bertz CT molecular complexity index is 1010. The molecule has 2 aliphatic heterocycles. The number of carbonyl (C=O) groups is 1. The SMILES string of the molecule is CCCN1C(=O)CN=C(c2ccc(CN3CCOCC3)cc2)c2cc(OCC)c(OCC)cc21. The molecule has 0 bridgehead atoms.